The van der Waals surface area contributed by atoms with Gasteiger partial charge in [-0.05, 0) is 42.5 Å². The smallest absolute Gasteiger partial charge is 0.280 e. The molecule has 0 amide bonds. The monoisotopic (exact) mass is 413 g/mol. The van der Waals surface area contributed by atoms with Crippen LogP contribution >= 0.6 is 23.2 Å². The number of hydrogen-bond donors (Lipinski definition) is 1. The molecule has 26 heavy (non-hydrogen) atoms. The van der Waals surface area contributed by atoms with Crippen molar-refractivity contribution in [3.05, 3.63) is 80.9 Å². The molecule has 2 aromatic carbocycles. The van der Waals surface area contributed by atoms with E-state index in [1.165, 1.54) is 48.7 Å². The van der Waals surface area contributed by atoms with Gasteiger partial charge in [0, 0.05) is 0 Å². The fourth-order valence-electron chi connectivity index (χ4n) is 2.13. The summed E-state index contributed by atoms with van der Waals surface area (Å²) in [6.07, 6.45) is 1.21. The standard InChI is InChI=1S/C16H10Cl2FN3O3S/c17-14-9-20-22(16(23)15(14)18)12-4-6-13(7-5-12)26(24,25)21-11-3-1-2-10(19)8-11/h1-9,21H. The van der Waals surface area contributed by atoms with Crippen LogP contribution in [0.2, 0.25) is 10.0 Å². The third-order valence-corrected chi connectivity index (χ3v) is 5.49. The number of hydrogen-bond acceptors (Lipinski definition) is 4. The second kappa shape index (κ2) is 7.06. The van der Waals surface area contributed by atoms with Crippen LogP contribution in [0.25, 0.3) is 5.69 Å². The fraction of sp³-hybridized carbons (Fsp3) is 0. The average Bonchev–Trinajstić information content (AvgIpc) is 2.60. The minimum absolute atomic E-state index is 0.0198. The topological polar surface area (TPSA) is 81.1 Å². The Bertz CT molecular complexity index is 1130. The Labute approximate surface area is 157 Å². The van der Waals surface area contributed by atoms with Gasteiger partial charge in [-0.25, -0.2) is 12.8 Å². The molecule has 0 aliphatic carbocycles. The van der Waals surface area contributed by atoms with E-state index in [0.29, 0.717) is 5.69 Å². The molecule has 0 unspecified atom stereocenters. The number of rotatable bonds is 4. The van der Waals surface area contributed by atoms with E-state index in [0.717, 1.165) is 10.7 Å². The van der Waals surface area contributed by atoms with Crippen LogP contribution in [0.1, 0.15) is 0 Å². The van der Waals surface area contributed by atoms with E-state index in [2.05, 4.69) is 9.82 Å². The van der Waals surface area contributed by atoms with Crippen LogP contribution in [0.15, 0.2) is 64.4 Å². The summed E-state index contributed by atoms with van der Waals surface area (Å²) in [4.78, 5) is 12.0. The first-order valence-electron chi connectivity index (χ1n) is 7.10. The number of aromatic nitrogens is 2. The summed E-state index contributed by atoms with van der Waals surface area (Å²) in [5, 5.41) is 3.69. The van der Waals surface area contributed by atoms with Crippen LogP contribution in [0.4, 0.5) is 10.1 Å². The highest BCUT2D eigenvalue weighted by molar-refractivity contribution is 7.92. The molecule has 1 aromatic heterocycles. The predicted molar refractivity (Wildman–Crippen MR) is 97.1 cm³/mol. The number of benzene rings is 2. The van der Waals surface area contributed by atoms with Crippen LogP contribution in [0.3, 0.4) is 0 Å². The van der Waals surface area contributed by atoms with E-state index >= 15 is 0 Å². The van der Waals surface area contributed by atoms with Gasteiger partial charge in [-0.1, -0.05) is 29.3 Å². The van der Waals surface area contributed by atoms with Crippen molar-refractivity contribution < 1.29 is 12.8 Å². The zero-order valence-electron chi connectivity index (χ0n) is 12.9. The van der Waals surface area contributed by atoms with Crippen molar-refractivity contribution >= 4 is 38.9 Å². The summed E-state index contributed by atoms with van der Waals surface area (Å²) in [6.45, 7) is 0. The van der Waals surface area contributed by atoms with E-state index in [4.69, 9.17) is 23.2 Å². The molecule has 1 heterocycles. The maximum atomic E-state index is 13.2. The van der Waals surface area contributed by atoms with Crippen molar-refractivity contribution in [2.75, 3.05) is 4.72 Å². The van der Waals surface area contributed by atoms with E-state index in [-0.39, 0.29) is 20.6 Å². The van der Waals surface area contributed by atoms with E-state index in [1.54, 1.807) is 0 Å². The lowest BCUT2D eigenvalue weighted by atomic mass is 10.3. The van der Waals surface area contributed by atoms with Gasteiger partial charge in [0.05, 0.1) is 27.5 Å². The number of nitrogens with one attached hydrogen (secondary N) is 1. The molecular weight excluding hydrogens is 404 g/mol. The second-order valence-electron chi connectivity index (χ2n) is 5.13. The van der Waals surface area contributed by atoms with Gasteiger partial charge in [0.2, 0.25) is 0 Å². The quantitative estimate of drug-likeness (QED) is 0.709. The minimum Gasteiger partial charge on any atom is -0.280 e. The molecule has 10 heteroatoms. The lowest BCUT2D eigenvalue weighted by Gasteiger charge is -2.10. The minimum atomic E-state index is -3.93. The molecule has 0 bridgehead atoms. The molecule has 0 radical (unpaired) electrons. The first-order valence-corrected chi connectivity index (χ1v) is 9.34. The Morgan fingerprint density at radius 3 is 2.42 bits per heavy atom. The number of anilines is 1. The molecule has 0 spiro atoms. The zero-order chi connectivity index (χ0) is 18.9. The van der Waals surface area contributed by atoms with Crippen LogP contribution in [-0.4, -0.2) is 18.2 Å². The molecule has 134 valence electrons. The van der Waals surface area contributed by atoms with Crippen LogP contribution in [0, 0.1) is 5.82 Å². The van der Waals surface area contributed by atoms with E-state index < -0.39 is 21.4 Å². The zero-order valence-corrected chi connectivity index (χ0v) is 15.2. The van der Waals surface area contributed by atoms with Crippen molar-refractivity contribution in [1.29, 1.82) is 0 Å². The van der Waals surface area contributed by atoms with E-state index in [1.807, 2.05) is 0 Å². The van der Waals surface area contributed by atoms with Gasteiger partial charge in [0.15, 0.2) is 0 Å². The molecular formula is C16H10Cl2FN3O3S. The molecule has 0 fully saturated rings. The summed E-state index contributed by atoms with van der Waals surface area (Å²) < 4.78 is 41.2. The van der Waals surface area contributed by atoms with Crippen molar-refractivity contribution in [3.8, 4) is 5.69 Å². The summed E-state index contributed by atoms with van der Waals surface area (Å²) in [5.74, 6) is -0.564. The molecule has 0 atom stereocenters. The lowest BCUT2D eigenvalue weighted by Crippen LogP contribution is -2.21. The van der Waals surface area contributed by atoms with Gasteiger partial charge in [-0.2, -0.15) is 9.78 Å². The average molecular weight is 414 g/mol. The highest BCUT2D eigenvalue weighted by atomic mass is 35.5. The first-order chi connectivity index (χ1) is 12.3. The maximum Gasteiger partial charge on any atom is 0.291 e. The van der Waals surface area contributed by atoms with Crippen LogP contribution in [-0.2, 0) is 10.0 Å². The van der Waals surface area contributed by atoms with Gasteiger partial charge in [-0.15, -0.1) is 0 Å². The second-order valence-corrected chi connectivity index (χ2v) is 7.60. The molecule has 1 N–H and O–H groups in total. The normalized spacial score (nSPS) is 11.3. The van der Waals surface area contributed by atoms with Crippen molar-refractivity contribution in [2.45, 2.75) is 4.90 Å². The van der Waals surface area contributed by atoms with Crippen molar-refractivity contribution in [3.63, 3.8) is 0 Å². The van der Waals surface area contributed by atoms with Gasteiger partial charge in [0.1, 0.15) is 10.8 Å². The van der Waals surface area contributed by atoms with Crippen LogP contribution in [0.5, 0.6) is 0 Å². The Kier molecular flexibility index (Phi) is 4.99. The SMILES string of the molecule is O=c1c(Cl)c(Cl)cnn1-c1ccc(S(=O)(=O)Nc2cccc(F)c2)cc1. The molecule has 0 aliphatic heterocycles. The Balaban J connectivity index is 1.92. The molecule has 0 saturated carbocycles. The molecule has 3 rings (SSSR count). The Hall–Kier alpha value is -2.42. The summed E-state index contributed by atoms with van der Waals surface area (Å²) >= 11 is 11.5. The third-order valence-electron chi connectivity index (χ3n) is 3.34. The molecule has 0 saturated heterocycles. The van der Waals surface area contributed by atoms with Crippen molar-refractivity contribution in [2.24, 2.45) is 0 Å². The van der Waals surface area contributed by atoms with E-state index in [9.17, 15) is 17.6 Å². The summed E-state index contributed by atoms with van der Waals surface area (Å²) in [6, 6.07) is 10.4. The largest absolute Gasteiger partial charge is 0.291 e. The lowest BCUT2D eigenvalue weighted by molar-refractivity contribution is 0.601. The summed E-state index contributed by atoms with van der Waals surface area (Å²) in [7, 11) is -3.93. The highest BCUT2D eigenvalue weighted by Crippen LogP contribution is 2.19. The fourth-order valence-corrected chi connectivity index (χ4v) is 3.43. The number of halogens is 3. The summed E-state index contributed by atoms with van der Waals surface area (Å²) in [5.41, 5.74) is -0.234. The third kappa shape index (κ3) is 3.72. The van der Waals surface area contributed by atoms with Gasteiger partial charge in [0.25, 0.3) is 15.6 Å². The Morgan fingerprint density at radius 2 is 1.77 bits per heavy atom. The van der Waals surface area contributed by atoms with Crippen molar-refractivity contribution in [1.82, 2.24) is 9.78 Å². The first kappa shape index (κ1) is 18.4. The molecule has 0 aliphatic rings. The van der Waals surface area contributed by atoms with Gasteiger partial charge >= 0.3 is 0 Å². The highest BCUT2D eigenvalue weighted by Gasteiger charge is 2.15. The Morgan fingerprint density at radius 1 is 1.08 bits per heavy atom. The predicted octanol–water partition coefficient (Wildman–Crippen LogP) is 3.48. The van der Waals surface area contributed by atoms with Gasteiger partial charge in [-0.3, -0.25) is 9.52 Å². The van der Waals surface area contributed by atoms with Crippen LogP contribution < -0.4 is 10.3 Å². The number of sulfonamides is 1. The molecule has 6 nitrogen and oxygen atoms in total. The molecule has 3 aromatic rings. The van der Waals surface area contributed by atoms with Gasteiger partial charge < -0.3 is 0 Å². The maximum absolute atomic E-state index is 13.2. The number of nitrogens with zero attached hydrogens (tertiary/aromatic N) is 2.